The third-order valence-corrected chi connectivity index (χ3v) is 3.81. The van der Waals surface area contributed by atoms with Gasteiger partial charge in [0.2, 0.25) is 0 Å². The predicted octanol–water partition coefficient (Wildman–Crippen LogP) is 3.86. The van der Waals surface area contributed by atoms with Crippen LogP contribution in [0.2, 0.25) is 0 Å². The molecule has 1 aromatic heterocycles. The summed E-state index contributed by atoms with van der Waals surface area (Å²) < 4.78 is 0. The zero-order chi connectivity index (χ0) is 13.1. The van der Waals surface area contributed by atoms with Crippen LogP contribution in [0, 0.1) is 25.2 Å². The van der Waals surface area contributed by atoms with E-state index in [9.17, 15) is 10.1 Å². The molecule has 1 atom stereocenters. The number of rotatable bonds is 3. The highest BCUT2D eigenvalue weighted by Gasteiger charge is 2.23. The highest BCUT2D eigenvalue weighted by atomic mass is 32.1. The number of carbonyl (C=O) groups is 1. The van der Waals surface area contributed by atoms with Crippen LogP contribution in [0.1, 0.15) is 32.3 Å². The summed E-state index contributed by atoms with van der Waals surface area (Å²) in [6.45, 7) is 3.85. The average Bonchev–Trinajstić information content (AvgIpc) is 2.87. The van der Waals surface area contributed by atoms with Crippen molar-refractivity contribution in [2.75, 3.05) is 0 Å². The molecule has 0 aliphatic carbocycles. The first-order valence-electron chi connectivity index (χ1n) is 5.68. The topological polar surface area (TPSA) is 40.9 Å². The first kappa shape index (κ1) is 12.5. The molecule has 1 heterocycles. The number of ketones is 1. The number of benzene rings is 1. The number of hydrogen-bond donors (Lipinski definition) is 0. The van der Waals surface area contributed by atoms with E-state index < -0.39 is 5.92 Å². The fourth-order valence-electron chi connectivity index (χ4n) is 1.86. The number of Topliss-reactive ketones (excluding diaryl/α,β-unsaturated/α-hetero) is 1. The first-order chi connectivity index (χ1) is 8.63. The predicted molar refractivity (Wildman–Crippen MR) is 72.9 cm³/mol. The maximum absolute atomic E-state index is 12.4. The molecule has 0 saturated heterocycles. The molecule has 0 N–H and O–H groups in total. The van der Waals surface area contributed by atoms with Crippen LogP contribution < -0.4 is 0 Å². The van der Waals surface area contributed by atoms with E-state index >= 15 is 0 Å². The van der Waals surface area contributed by atoms with Gasteiger partial charge in [-0.3, -0.25) is 4.79 Å². The Hall–Kier alpha value is -1.92. The second-order valence-electron chi connectivity index (χ2n) is 4.26. The zero-order valence-corrected chi connectivity index (χ0v) is 11.1. The molecule has 2 rings (SSSR count). The lowest BCUT2D eigenvalue weighted by Crippen LogP contribution is -2.11. The summed E-state index contributed by atoms with van der Waals surface area (Å²) in [6, 6.07) is 11.6. The number of aryl methyl sites for hydroxylation is 2. The normalized spacial score (nSPS) is 11.8. The lowest BCUT2D eigenvalue weighted by Gasteiger charge is -2.09. The van der Waals surface area contributed by atoms with Gasteiger partial charge in [0.25, 0.3) is 0 Å². The quantitative estimate of drug-likeness (QED) is 0.781. The van der Waals surface area contributed by atoms with E-state index in [-0.39, 0.29) is 5.78 Å². The van der Waals surface area contributed by atoms with Crippen molar-refractivity contribution in [2.24, 2.45) is 0 Å². The molecule has 90 valence electrons. The van der Waals surface area contributed by atoms with Crippen LogP contribution >= 0.6 is 11.3 Å². The third kappa shape index (κ3) is 2.34. The maximum Gasteiger partial charge on any atom is 0.185 e. The van der Waals surface area contributed by atoms with E-state index in [2.05, 4.69) is 6.07 Å². The Morgan fingerprint density at radius 2 is 2.11 bits per heavy atom. The minimum absolute atomic E-state index is 0.110. The Morgan fingerprint density at radius 3 is 2.72 bits per heavy atom. The van der Waals surface area contributed by atoms with Crippen LogP contribution in [0.5, 0.6) is 0 Å². The maximum atomic E-state index is 12.4. The summed E-state index contributed by atoms with van der Waals surface area (Å²) in [4.78, 5) is 13.2. The van der Waals surface area contributed by atoms with Gasteiger partial charge in [0, 0.05) is 10.4 Å². The van der Waals surface area contributed by atoms with Gasteiger partial charge >= 0.3 is 0 Å². The number of hydrogen-bond acceptors (Lipinski definition) is 3. The molecule has 1 unspecified atom stereocenters. The Kier molecular flexibility index (Phi) is 3.59. The summed E-state index contributed by atoms with van der Waals surface area (Å²) in [7, 11) is 0. The fourth-order valence-corrected chi connectivity index (χ4v) is 2.63. The fraction of sp³-hybridized carbons (Fsp3) is 0.200. The molecular formula is C15H13NOS. The van der Waals surface area contributed by atoms with Crippen molar-refractivity contribution in [1.82, 2.24) is 0 Å². The minimum atomic E-state index is -0.689. The summed E-state index contributed by atoms with van der Waals surface area (Å²) in [5.74, 6) is -0.799. The summed E-state index contributed by atoms with van der Waals surface area (Å²) in [5, 5.41) is 11.1. The van der Waals surface area contributed by atoms with Gasteiger partial charge in [-0.1, -0.05) is 23.8 Å². The molecule has 0 aliphatic rings. The van der Waals surface area contributed by atoms with Gasteiger partial charge in [-0.05, 0) is 36.9 Å². The van der Waals surface area contributed by atoms with E-state index in [4.69, 9.17) is 0 Å². The van der Waals surface area contributed by atoms with Crippen molar-refractivity contribution in [2.45, 2.75) is 19.8 Å². The molecule has 3 heteroatoms. The van der Waals surface area contributed by atoms with Crippen molar-refractivity contribution >= 4 is 17.1 Å². The summed E-state index contributed by atoms with van der Waals surface area (Å²) in [6.07, 6.45) is 0. The van der Waals surface area contributed by atoms with Crippen LogP contribution in [0.25, 0.3) is 0 Å². The summed E-state index contributed by atoms with van der Waals surface area (Å²) in [5.41, 5.74) is 2.60. The zero-order valence-electron chi connectivity index (χ0n) is 10.3. The Morgan fingerprint density at radius 1 is 1.33 bits per heavy atom. The molecule has 0 spiro atoms. The second-order valence-corrected chi connectivity index (χ2v) is 5.24. The standard InChI is InChI=1S/C15H13NOS/c1-10-5-6-11(2)12(8-10)15(17)13(9-16)14-4-3-7-18-14/h3-8,13H,1-2H3. The Labute approximate surface area is 111 Å². The molecule has 2 aromatic rings. The van der Waals surface area contributed by atoms with Crippen molar-refractivity contribution in [3.63, 3.8) is 0 Å². The highest BCUT2D eigenvalue weighted by Crippen LogP contribution is 2.26. The third-order valence-electron chi connectivity index (χ3n) is 2.88. The van der Waals surface area contributed by atoms with E-state index in [1.807, 2.05) is 49.6 Å². The highest BCUT2D eigenvalue weighted by molar-refractivity contribution is 7.10. The van der Waals surface area contributed by atoms with Gasteiger partial charge in [-0.15, -0.1) is 11.3 Å². The first-order valence-corrected chi connectivity index (χ1v) is 6.56. The van der Waals surface area contributed by atoms with Gasteiger partial charge in [0.1, 0.15) is 5.92 Å². The minimum Gasteiger partial charge on any atom is -0.292 e. The molecular weight excluding hydrogens is 242 g/mol. The lowest BCUT2D eigenvalue weighted by molar-refractivity contribution is 0.0979. The van der Waals surface area contributed by atoms with Gasteiger partial charge in [-0.2, -0.15) is 5.26 Å². The van der Waals surface area contributed by atoms with Crippen LogP contribution in [0.15, 0.2) is 35.7 Å². The molecule has 18 heavy (non-hydrogen) atoms. The summed E-state index contributed by atoms with van der Waals surface area (Å²) >= 11 is 1.45. The van der Waals surface area contributed by atoms with Crippen LogP contribution in [0.4, 0.5) is 0 Å². The lowest BCUT2D eigenvalue weighted by atomic mass is 9.93. The van der Waals surface area contributed by atoms with Crippen LogP contribution in [0.3, 0.4) is 0 Å². The Balaban J connectivity index is 2.42. The van der Waals surface area contributed by atoms with E-state index in [0.29, 0.717) is 5.56 Å². The van der Waals surface area contributed by atoms with E-state index in [1.54, 1.807) is 0 Å². The number of carbonyl (C=O) groups excluding carboxylic acids is 1. The van der Waals surface area contributed by atoms with Crippen molar-refractivity contribution in [1.29, 1.82) is 5.26 Å². The van der Waals surface area contributed by atoms with Crippen LogP contribution in [-0.2, 0) is 0 Å². The van der Waals surface area contributed by atoms with Crippen molar-refractivity contribution < 1.29 is 4.79 Å². The molecule has 1 aromatic carbocycles. The smallest absolute Gasteiger partial charge is 0.185 e. The monoisotopic (exact) mass is 255 g/mol. The van der Waals surface area contributed by atoms with Crippen LogP contribution in [-0.4, -0.2) is 5.78 Å². The van der Waals surface area contributed by atoms with E-state index in [1.165, 1.54) is 11.3 Å². The van der Waals surface area contributed by atoms with Gasteiger partial charge in [0.05, 0.1) is 6.07 Å². The molecule has 2 nitrogen and oxygen atoms in total. The van der Waals surface area contributed by atoms with Crippen molar-refractivity contribution in [3.8, 4) is 6.07 Å². The molecule has 0 bridgehead atoms. The van der Waals surface area contributed by atoms with Gasteiger partial charge in [-0.25, -0.2) is 0 Å². The molecule has 0 radical (unpaired) electrons. The molecule has 0 amide bonds. The average molecular weight is 255 g/mol. The number of thiophene rings is 1. The largest absolute Gasteiger partial charge is 0.292 e. The van der Waals surface area contributed by atoms with Gasteiger partial charge < -0.3 is 0 Å². The van der Waals surface area contributed by atoms with Crippen molar-refractivity contribution in [3.05, 3.63) is 57.3 Å². The van der Waals surface area contributed by atoms with E-state index in [0.717, 1.165) is 16.0 Å². The number of nitrogens with zero attached hydrogens (tertiary/aromatic N) is 1. The SMILES string of the molecule is Cc1ccc(C)c(C(=O)C(C#N)c2cccs2)c1. The Bertz CT molecular complexity index is 608. The second kappa shape index (κ2) is 5.16. The molecule has 0 saturated carbocycles. The molecule has 0 fully saturated rings. The molecule has 0 aliphatic heterocycles. The van der Waals surface area contributed by atoms with Gasteiger partial charge in [0.15, 0.2) is 5.78 Å². The number of nitriles is 1.